The van der Waals surface area contributed by atoms with Crippen LogP contribution in [0.25, 0.3) is 0 Å². The summed E-state index contributed by atoms with van der Waals surface area (Å²) in [6.07, 6.45) is 0.710. The quantitative estimate of drug-likeness (QED) is 0.867. The van der Waals surface area contributed by atoms with Crippen molar-refractivity contribution in [2.75, 3.05) is 26.8 Å². The van der Waals surface area contributed by atoms with Crippen LogP contribution in [-0.2, 0) is 4.74 Å². The average Bonchev–Trinajstić information content (AvgIpc) is 2.86. The van der Waals surface area contributed by atoms with E-state index >= 15 is 0 Å². The van der Waals surface area contributed by atoms with E-state index in [1.807, 2.05) is 38.2 Å². The monoisotopic (exact) mass is 279 g/mol. The van der Waals surface area contributed by atoms with Gasteiger partial charge in [-0.25, -0.2) is 0 Å². The van der Waals surface area contributed by atoms with Gasteiger partial charge in [-0.3, -0.25) is 4.90 Å². The molecule has 1 aliphatic rings. The Morgan fingerprint density at radius 3 is 2.85 bits per heavy atom. The molecule has 0 aromatic heterocycles. The normalized spacial score (nSPS) is 24.1. The summed E-state index contributed by atoms with van der Waals surface area (Å²) in [4.78, 5) is 2.19. The van der Waals surface area contributed by atoms with Gasteiger partial charge in [0, 0.05) is 24.8 Å². The van der Waals surface area contributed by atoms with Crippen LogP contribution in [0.4, 0.5) is 0 Å². The van der Waals surface area contributed by atoms with Gasteiger partial charge in [0.1, 0.15) is 5.75 Å². The van der Waals surface area contributed by atoms with E-state index in [0.717, 1.165) is 24.3 Å². The highest BCUT2D eigenvalue weighted by atomic mass is 16.5. The highest BCUT2D eigenvalue weighted by molar-refractivity contribution is 5.35. The fraction of sp³-hybridized carbons (Fsp3) is 0.625. The molecule has 1 fully saturated rings. The highest BCUT2D eigenvalue weighted by Crippen LogP contribution is 2.27. The van der Waals surface area contributed by atoms with E-state index in [9.17, 15) is 5.11 Å². The number of ether oxygens (including phenoxy) is 2. The molecule has 112 valence electrons. The maximum absolute atomic E-state index is 10.5. The van der Waals surface area contributed by atoms with Gasteiger partial charge in [0.15, 0.2) is 0 Å². The van der Waals surface area contributed by atoms with E-state index in [2.05, 4.69) is 11.8 Å². The molecule has 1 N–H and O–H groups in total. The van der Waals surface area contributed by atoms with Crippen molar-refractivity contribution in [3.63, 3.8) is 0 Å². The van der Waals surface area contributed by atoms with Gasteiger partial charge in [-0.1, -0.05) is 18.2 Å². The van der Waals surface area contributed by atoms with Gasteiger partial charge in [0.05, 0.1) is 18.8 Å². The Balaban J connectivity index is 2.02. The molecule has 2 rings (SSSR count). The first-order valence-electron chi connectivity index (χ1n) is 7.35. The second kappa shape index (κ2) is 7.07. The molecule has 0 amide bonds. The van der Waals surface area contributed by atoms with Gasteiger partial charge in [0.2, 0.25) is 0 Å². The van der Waals surface area contributed by atoms with Crippen molar-refractivity contribution in [2.45, 2.75) is 38.5 Å². The summed E-state index contributed by atoms with van der Waals surface area (Å²) in [6.45, 7) is 6.04. The molecule has 0 saturated carbocycles. The maximum atomic E-state index is 10.5. The van der Waals surface area contributed by atoms with Crippen molar-refractivity contribution in [3.05, 3.63) is 29.8 Å². The van der Waals surface area contributed by atoms with Gasteiger partial charge < -0.3 is 14.6 Å². The molecule has 0 spiro atoms. The van der Waals surface area contributed by atoms with Crippen LogP contribution in [-0.4, -0.2) is 49.0 Å². The minimum absolute atomic E-state index is 0.231. The molecule has 1 heterocycles. The van der Waals surface area contributed by atoms with Crippen molar-refractivity contribution in [3.8, 4) is 5.75 Å². The van der Waals surface area contributed by atoms with E-state index in [-0.39, 0.29) is 6.10 Å². The van der Waals surface area contributed by atoms with Crippen molar-refractivity contribution < 1.29 is 14.6 Å². The first-order valence-corrected chi connectivity index (χ1v) is 7.35. The number of hydrogen-bond donors (Lipinski definition) is 1. The van der Waals surface area contributed by atoms with Crippen molar-refractivity contribution in [1.82, 2.24) is 4.90 Å². The fourth-order valence-corrected chi connectivity index (χ4v) is 2.85. The lowest BCUT2D eigenvalue weighted by Crippen LogP contribution is -2.39. The molecular formula is C16H25NO3. The molecule has 1 aliphatic heterocycles. The lowest BCUT2D eigenvalue weighted by Gasteiger charge is -2.29. The van der Waals surface area contributed by atoms with Crippen LogP contribution in [0.2, 0.25) is 0 Å². The Kier molecular flexibility index (Phi) is 5.40. The number of likely N-dealkylation sites (N-methyl/N-ethyl adjacent to an activating group) is 1. The molecule has 4 nitrogen and oxygen atoms in total. The first kappa shape index (κ1) is 15.3. The van der Waals surface area contributed by atoms with Crippen LogP contribution in [0, 0.1) is 0 Å². The Bertz CT molecular complexity index is 424. The van der Waals surface area contributed by atoms with Crippen LogP contribution >= 0.6 is 0 Å². The van der Waals surface area contributed by atoms with Gasteiger partial charge in [-0.05, 0) is 33.4 Å². The zero-order valence-corrected chi connectivity index (χ0v) is 12.6. The van der Waals surface area contributed by atoms with Gasteiger partial charge in [-0.15, -0.1) is 0 Å². The number of rotatable bonds is 6. The Morgan fingerprint density at radius 2 is 2.20 bits per heavy atom. The van der Waals surface area contributed by atoms with E-state index in [4.69, 9.17) is 9.47 Å². The number of aliphatic hydroxyl groups is 1. The molecular weight excluding hydrogens is 254 g/mol. The van der Waals surface area contributed by atoms with Gasteiger partial charge >= 0.3 is 0 Å². The van der Waals surface area contributed by atoms with Crippen molar-refractivity contribution >= 4 is 0 Å². The second-order valence-corrected chi connectivity index (χ2v) is 5.36. The first-order chi connectivity index (χ1) is 9.63. The minimum atomic E-state index is -0.546. The molecule has 0 aliphatic carbocycles. The molecule has 0 bridgehead atoms. The van der Waals surface area contributed by atoms with E-state index in [1.165, 1.54) is 0 Å². The summed E-state index contributed by atoms with van der Waals surface area (Å²) in [5.41, 5.74) is 0.854. The number of nitrogens with zero attached hydrogens (tertiary/aromatic N) is 1. The predicted molar refractivity (Wildman–Crippen MR) is 79.0 cm³/mol. The molecule has 1 saturated heterocycles. The zero-order valence-electron chi connectivity index (χ0n) is 12.6. The lowest BCUT2D eigenvalue weighted by atomic mass is 10.1. The van der Waals surface area contributed by atoms with E-state index < -0.39 is 6.10 Å². The maximum Gasteiger partial charge on any atom is 0.125 e. The summed E-state index contributed by atoms with van der Waals surface area (Å²) >= 11 is 0. The highest BCUT2D eigenvalue weighted by Gasteiger charge is 2.29. The van der Waals surface area contributed by atoms with Gasteiger partial charge in [0.25, 0.3) is 0 Å². The summed E-state index contributed by atoms with van der Waals surface area (Å²) in [5, 5.41) is 10.5. The lowest BCUT2D eigenvalue weighted by molar-refractivity contribution is 0.0571. The summed E-state index contributed by atoms with van der Waals surface area (Å²) in [6, 6.07) is 8.07. The fourth-order valence-electron chi connectivity index (χ4n) is 2.85. The topological polar surface area (TPSA) is 41.9 Å². The molecule has 20 heavy (non-hydrogen) atoms. The summed E-state index contributed by atoms with van der Waals surface area (Å²) in [7, 11) is 2.04. The molecule has 1 aromatic carbocycles. The SMILES string of the molecule is CCOc1ccccc1C(O)CN(C)C1CCOC1C. The number of benzene rings is 1. The molecule has 4 heteroatoms. The van der Waals surface area contributed by atoms with Crippen LogP contribution in [0.5, 0.6) is 5.75 Å². The average molecular weight is 279 g/mol. The van der Waals surface area contributed by atoms with Crippen molar-refractivity contribution in [2.24, 2.45) is 0 Å². The number of para-hydroxylation sites is 1. The second-order valence-electron chi connectivity index (χ2n) is 5.36. The van der Waals surface area contributed by atoms with Crippen LogP contribution in [0.15, 0.2) is 24.3 Å². The summed E-state index contributed by atoms with van der Waals surface area (Å²) in [5.74, 6) is 0.770. The number of aliphatic hydroxyl groups excluding tert-OH is 1. The molecule has 3 unspecified atom stereocenters. The molecule has 1 aromatic rings. The Labute approximate surface area is 121 Å². The smallest absolute Gasteiger partial charge is 0.125 e. The third kappa shape index (κ3) is 3.51. The third-order valence-corrected chi connectivity index (χ3v) is 3.94. The third-order valence-electron chi connectivity index (χ3n) is 3.94. The summed E-state index contributed by atoms with van der Waals surface area (Å²) < 4.78 is 11.2. The zero-order chi connectivity index (χ0) is 14.5. The number of hydrogen-bond acceptors (Lipinski definition) is 4. The minimum Gasteiger partial charge on any atom is -0.493 e. The van der Waals surface area contributed by atoms with Crippen molar-refractivity contribution in [1.29, 1.82) is 0 Å². The Hall–Kier alpha value is -1.10. The molecule has 0 radical (unpaired) electrons. The van der Waals surface area contributed by atoms with E-state index in [0.29, 0.717) is 19.2 Å². The van der Waals surface area contributed by atoms with Crippen LogP contribution < -0.4 is 4.74 Å². The van der Waals surface area contributed by atoms with Crippen LogP contribution in [0.3, 0.4) is 0 Å². The van der Waals surface area contributed by atoms with Crippen LogP contribution in [0.1, 0.15) is 31.9 Å². The standard InChI is InChI=1S/C16H25NO3/c1-4-19-16-8-6-5-7-13(16)15(18)11-17(3)14-9-10-20-12(14)2/h5-8,12,14-15,18H,4,9-11H2,1-3H3. The molecule has 3 atom stereocenters. The largest absolute Gasteiger partial charge is 0.493 e. The Morgan fingerprint density at radius 1 is 1.45 bits per heavy atom. The van der Waals surface area contributed by atoms with E-state index in [1.54, 1.807) is 0 Å². The van der Waals surface area contributed by atoms with Gasteiger partial charge in [-0.2, -0.15) is 0 Å². The predicted octanol–water partition coefficient (Wildman–Crippen LogP) is 2.23.